The van der Waals surface area contributed by atoms with E-state index in [2.05, 4.69) is 27.5 Å². The lowest BCUT2D eigenvalue weighted by molar-refractivity contribution is 0.0696. The van der Waals surface area contributed by atoms with Crippen LogP contribution in [-0.4, -0.2) is 33.8 Å². The predicted molar refractivity (Wildman–Crippen MR) is 70.2 cm³/mol. The summed E-state index contributed by atoms with van der Waals surface area (Å²) in [6, 6.07) is 1.85. The van der Waals surface area contributed by atoms with E-state index in [1.807, 2.05) is 13.0 Å². The summed E-state index contributed by atoms with van der Waals surface area (Å²) in [5, 5.41) is 16.2. The second-order valence-electron chi connectivity index (χ2n) is 4.42. The number of hydrogen-bond donors (Lipinski definition) is 3. The molecule has 0 spiro atoms. The largest absolute Gasteiger partial charge is 0.388 e. The minimum absolute atomic E-state index is 0.480. The van der Waals surface area contributed by atoms with Gasteiger partial charge in [-0.1, -0.05) is 13.8 Å². The van der Waals surface area contributed by atoms with Crippen LogP contribution < -0.4 is 10.6 Å². The highest BCUT2D eigenvalue weighted by molar-refractivity contribution is 5.46. The normalized spacial score (nSPS) is 14.1. The fourth-order valence-corrected chi connectivity index (χ4v) is 1.21. The number of aromatic nitrogens is 2. The quantitative estimate of drug-likeness (QED) is 0.676. The van der Waals surface area contributed by atoms with Crippen molar-refractivity contribution in [3.8, 4) is 0 Å². The predicted octanol–water partition coefficient (Wildman–Crippen LogP) is 1.87. The molecule has 5 nitrogen and oxygen atoms in total. The maximum Gasteiger partial charge on any atom is 0.131 e. The molecule has 0 saturated carbocycles. The van der Waals surface area contributed by atoms with E-state index in [-0.39, 0.29) is 0 Å². The Bertz CT molecular complexity index is 341. The van der Waals surface area contributed by atoms with Crippen molar-refractivity contribution >= 4 is 11.6 Å². The van der Waals surface area contributed by atoms with E-state index in [1.54, 1.807) is 6.92 Å². The van der Waals surface area contributed by atoms with Gasteiger partial charge in [-0.15, -0.1) is 0 Å². The van der Waals surface area contributed by atoms with Crippen molar-refractivity contribution < 1.29 is 5.11 Å². The molecule has 0 amide bonds. The smallest absolute Gasteiger partial charge is 0.131 e. The maximum absolute atomic E-state index is 9.87. The van der Waals surface area contributed by atoms with E-state index in [0.717, 1.165) is 24.6 Å². The lowest BCUT2D eigenvalue weighted by Gasteiger charge is -2.21. The van der Waals surface area contributed by atoms with Crippen LogP contribution in [0.5, 0.6) is 0 Å². The molecule has 17 heavy (non-hydrogen) atoms. The van der Waals surface area contributed by atoms with Crippen LogP contribution in [0.4, 0.5) is 11.6 Å². The molecule has 0 radical (unpaired) electrons. The number of aliphatic hydroxyl groups is 1. The van der Waals surface area contributed by atoms with Gasteiger partial charge in [-0.25, -0.2) is 9.97 Å². The fourth-order valence-electron chi connectivity index (χ4n) is 1.21. The molecule has 5 heteroatoms. The Labute approximate surface area is 103 Å². The van der Waals surface area contributed by atoms with E-state index in [0.29, 0.717) is 13.0 Å². The van der Waals surface area contributed by atoms with Gasteiger partial charge in [0.15, 0.2) is 0 Å². The Kier molecular flexibility index (Phi) is 5.15. The third-order valence-electron chi connectivity index (χ3n) is 2.64. The summed E-state index contributed by atoms with van der Waals surface area (Å²) >= 11 is 0. The minimum Gasteiger partial charge on any atom is -0.388 e. The van der Waals surface area contributed by atoms with Crippen LogP contribution in [0.3, 0.4) is 0 Å². The SMILES string of the molecule is CCCNc1cc(NCC(C)(O)CC)ncn1. The number of nitrogens with one attached hydrogen (secondary N) is 2. The highest BCUT2D eigenvalue weighted by atomic mass is 16.3. The average molecular weight is 238 g/mol. The highest BCUT2D eigenvalue weighted by Crippen LogP contribution is 2.12. The van der Waals surface area contributed by atoms with Crippen molar-refractivity contribution in [1.82, 2.24) is 9.97 Å². The molecule has 0 fully saturated rings. The van der Waals surface area contributed by atoms with Crippen molar-refractivity contribution in [3.05, 3.63) is 12.4 Å². The summed E-state index contributed by atoms with van der Waals surface area (Å²) in [7, 11) is 0. The van der Waals surface area contributed by atoms with Gasteiger partial charge in [-0.3, -0.25) is 0 Å². The monoisotopic (exact) mass is 238 g/mol. The second-order valence-corrected chi connectivity index (χ2v) is 4.42. The van der Waals surface area contributed by atoms with Crippen molar-refractivity contribution in [1.29, 1.82) is 0 Å². The van der Waals surface area contributed by atoms with E-state index >= 15 is 0 Å². The van der Waals surface area contributed by atoms with Crippen LogP contribution in [0.1, 0.15) is 33.6 Å². The summed E-state index contributed by atoms with van der Waals surface area (Å²) in [4.78, 5) is 8.23. The zero-order valence-corrected chi connectivity index (χ0v) is 10.8. The van der Waals surface area contributed by atoms with Gasteiger partial charge in [-0.2, -0.15) is 0 Å². The summed E-state index contributed by atoms with van der Waals surface area (Å²) < 4.78 is 0. The van der Waals surface area contributed by atoms with Crippen LogP contribution in [0.2, 0.25) is 0 Å². The lowest BCUT2D eigenvalue weighted by Crippen LogP contribution is -2.32. The first-order chi connectivity index (χ1) is 8.07. The first-order valence-corrected chi connectivity index (χ1v) is 6.09. The second kappa shape index (κ2) is 6.39. The zero-order chi connectivity index (χ0) is 12.7. The highest BCUT2D eigenvalue weighted by Gasteiger charge is 2.16. The summed E-state index contributed by atoms with van der Waals surface area (Å²) in [5.41, 5.74) is -0.706. The third-order valence-corrected chi connectivity index (χ3v) is 2.64. The molecular weight excluding hydrogens is 216 g/mol. The Balaban J connectivity index is 2.53. The standard InChI is InChI=1S/C12H22N4O/c1-4-6-13-10-7-11(16-9-15-10)14-8-12(3,17)5-2/h7,9,17H,4-6,8H2,1-3H3,(H2,13,14,15,16). The van der Waals surface area contributed by atoms with E-state index in [9.17, 15) is 5.11 Å². The van der Waals surface area contributed by atoms with Crippen LogP contribution >= 0.6 is 0 Å². The number of rotatable bonds is 7. The van der Waals surface area contributed by atoms with Gasteiger partial charge in [0.05, 0.1) is 5.60 Å². The fraction of sp³-hybridized carbons (Fsp3) is 0.667. The third kappa shape index (κ3) is 4.99. The van der Waals surface area contributed by atoms with E-state index < -0.39 is 5.60 Å². The molecule has 1 aromatic rings. The molecule has 96 valence electrons. The Morgan fingerprint density at radius 3 is 2.47 bits per heavy atom. The number of anilines is 2. The Morgan fingerprint density at radius 2 is 1.88 bits per heavy atom. The van der Waals surface area contributed by atoms with Gasteiger partial charge >= 0.3 is 0 Å². The first-order valence-electron chi connectivity index (χ1n) is 6.09. The summed E-state index contributed by atoms with van der Waals surface area (Å²) in [6.45, 7) is 7.23. The molecule has 1 unspecified atom stereocenters. The van der Waals surface area contributed by atoms with E-state index in [4.69, 9.17) is 0 Å². The van der Waals surface area contributed by atoms with Crippen LogP contribution in [-0.2, 0) is 0 Å². The van der Waals surface area contributed by atoms with Crippen LogP contribution in [0, 0.1) is 0 Å². The molecule has 0 aliphatic rings. The molecule has 0 aliphatic heterocycles. The topological polar surface area (TPSA) is 70.1 Å². The Morgan fingerprint density at radius 1 is 1.24 bits per heavy atom. The van der Waals surface area contributed by atoms with Gasteiger partial charge in [0.25, 0.3) is 0 Å². The molecular formula is C12H22N4O. The van der Waals surface area contributed by atoms with Gasteiger partial charge in [0.1, 0.15) is 18.0 Å². The molecule has 1 rings (SSSR count). The zero-order valence-electron chi connectivity index (χ0n) is 10.8. The van der Waals surface area contributed by atoms with Crippen LogP contribution in [0.15, 0.2) is 12.4 Å². The van der Waals surface area contributed by atoms with Gasteiger partial charge in [0, 0.05) is 19.2 Å². The summed E-state index contributed by atoms with van der Waals surface area (Å²) in [6.07, 6.45) is 3.27. The minimum atomic E-state index is -0.706. The van der Waals surface area contributed by atoms with Gasteiger partial charge < -0.3 is 15.7 Å². The molecule has 0 aromatic carbocycles. The number of hydrogen-bond acceptors (Lipinski definition) is 5. The molecule has 1 heterocycles. The lowest BCUT2D eigenvalue weighted by atomic mass is 10.0. The average Bonchev–Trinajstić information content (AvgIpc) is 2.35. The maximum atomic E-state index is 9.87. The van der Waals surface area contributed by atoms with Gasteiger partial charge in [0.2, 0.25) is 0 Å². The van der Waals surface area contributed by atoms with E-state index in [1.165, 1.54) is 6.33 Å². The molecule has 0 bridgehead atoms. The van der Waals surface area contributed by atoms with Crippen molar-refractivity contribution in [2.24, 2.45) is 0 Å². The molecule has 3 N–H and O–H groups in total. The molecule has 1 atom stereocenters. The van der Waals surface area contributed by atoms with Crippen LogP contribution in [0.25, 0.3) is 0 Å². The summed E-state index contributed by atoms with van der Waals surface area (Å²) in [5.74, 6) is 1.54. The molecule has 1 aromatic heterocycles. The Hall–Kier alpha value is -1.36. The first kappa shape index (κ1) is 13.7. The van der Waals surface area contributed by atoms with Crippen molar-refractivity contribution in [2.45, 2.75) is 39.2 Å². The number of nitrogens with zero attached hydrogens (tertiary/aromatic N) is 2. The van der Waals surface area contributed by atoms with Crippen molar-refractivity contribution in [3.63, 3.8) is 0 Å². The van der Waals surface area contributed by atoms with Crippen molar-refractivity contribution in [2.75, 3.05) is 23.7 Å². The van der Waals surface area contributed by atoms with Gasteiger partial charge in [-0.05, 0) is 19.8 Å². The molecule has 0 aliphatic carbocycles. The molecule has 0 saturated heterocycles.